The topological polar surface area (TPSA) is 59.8 Å². The second-order valence-electron chi connectivity index (χ2n) is 6.09. The molecule has 0 aliphatic rings. The minimum Gasteiger partial charge on any atom is -0.325 e. The van der Waals surface area contributed by atoms with Crippen LogP contribution in [-0.4, -0.2) is 26.4 Å². The van der Waals surface area contributed by atoms with Crippen LogP contribution in [0.2, 0.25) is 5.02 Å². The minimum absolute atomic E-state index is 0.0106. The first-order valence-electron chi connectivity index (χ1n) is 8.33. The summed E-state index contributed by atoms with van der Waals surface area (Å²) in [5.74, 6) is 0.0747. The molecule has 1 N–H and O–H groups in total. The Labute approximate surface area is 166 Å². The van der Waals surface area contributed by atoms with E-state index in [-0.39, 0.29) is 23.5 Å². The van der Waals surface area contributed by atoms with Crippen LogP contribution in [0, 0.1) is 5.82 Å². The first-order valence-corrected chi connectivity index (χ1v) is 9.70. The lowest BCUT2D eigenvalue weighted by atomic mass is 10.2. The number of benzene rings is 2. The number of hydrogen-bond donors (Lipinski definition) is 1. The average molecular weight is 405 g/mol. The molecule has 0 radical (unpaired) electrons. The Morgan fingerprint density at radius 2 is 1.89 bits per heavy atom. The molecule has 0 bridgehead atoms. The van der Waals surface area contributed by atoms with Crippen molar-refractivity contribution in [2.24, 2.45) is 0 Å². The molecule has 0 spiro atoms. The highest BCUT2D eigenvalue weighted by Crippen LogP contribution is 2.29. The minimum atomic E-state index is -0.358. The summed E-state index contributed by atoms with van der Waals surface area (Å²) in [5.41, 5.74) is 1.05. The number of carbonyl (C=O) groups is 1. The molecule has 1 amide bonds. The largest absolute Gasteiger partial charge is 0.325 e. The van der Waals surface area contributed by atoms with Crippen molar-refractivity contribution in [1.82, 2.24) is 14.8 Å². The Kier molecular flexibility index (Phi) is 6.13. The van der Waals surface area contributed by atoms with E-state index in [0.29, 0.717) is 27.3 Å². The molecule has 0 saturated heterocycles. The van der Waals surface area contributed by atoms with E-state index >= 15 is 0 Å². The molecule has 3 aromatic rings. The predicted molar refractivity (Wildman–Crippen MR) is 107 cm³/mol. The predicted octanol–water partition coefficient (Wildman–Crippen LogP) is 5.05. The monoisotopic (exact) mass is 404 g/mol. The quantitative estimate of drug-likeness (QED) is 0.584. The number of anilines is 1. The second kappa shape index (κ2) is 8.54. The lowest BCUT2D eigenvalue weighted by Crippen LogP contribution is -2.15. The van der Waals surface area contributed by atoms with Crippen LogP contribution in [0.4, 0.5) is 10.1 Å². The fourth-order valence-electron chi connectivity index (χ4n) is 2.53. The third-order valence-electron chi connectivity index (χ3n) is 3.76. The van der Waals surface area contributed by atoms with E-state index in [1.54, 1.807) is 42.5 Å². The van der Waals surface area contributed by atoms with Crippen LogP contribution in [0.5, 0.6) is 0 Å². The van der Waals surface area contributed by atoms with E-state index in [9.17, 15) is 9.18 Å². The van der Waals surface area contributed by atoms with Gasteiger partial charge in [0.1, 0.15) is 5.82 Å². The molecule has 0 atom stereocenters. The number of nitrogens with zero attached hydrogens (tertiary/aromatic N) is 3. The summed E-state index contributed by atoms with van der Waals surface area (Å²) in [6, 6.07) is 13.3. The van der Waals surface area contributed by atoms with Crippen molar-refractivity contribution in [3.63, 3.8) is 0 Å². The third-order valence-corrected chi connectivity index (χ3v) is 4.95. The van der Waals surface area contributed by atoms with E-state index in [0.717, 1.165) is 0 Å². The van der Waals surface area contributed by atoms with Crippen LogP contribution in [0.3, 0.4) is 0 Å². The molecule has 1 aromatic heterocycles. The van der Waals surface area contributed by atoms with Gasteiger partial charge in [-0.25, -0.2) is 4.39 Å². The third kappa shape index (κ3) is 4.67. The molecule has 0 unspecified atom stereocenters. The Hall–Kier alpha value is -2.38. The smallest absolute Gasteiger partial charge is 0.234 e. The highest BCUT2D eigenvalue weighted by molar-refractivity contribution is 7.99. The molecule has 5 nitrogen and oxygen atoms in total. The number of amides is 1. The Balaban J connectivity index is 1.74. The molecule has 0 saturated carbocycles. The van der Waals surface area contributed by atoms with E-state index in [1.807, 2.05) is 18.4 Å². The maximum absolute atomic E-state index is 14.2. The first kappa shape index (κ1) is 19.4. The van der Waals surface area contributed by atoms with Gasteiger partial charge in [-0.15, -0.1) is 10.2 Å². The van der Waals surface area contributed by atoms with Gasteiger partial charge in [-0.3, -0.25) is 9.36 Å². The number of thioether (sulfide) groups is 1. The van der Waals surface area contributed by atoms with Crippen molar-refractivity contribution in [1.29, 1.82) is 0 Å². The van der Waals surface area contributed by atoms with E-state index in [2.05, 4.69) is 15.5 Å². The Bertz CT molecular complexity index is 943. The summed E-state index contributed by atoms with van der Waals surface area (Å²) < 4.78 is 16.0. The van der Waals surface area contributed by atoms with Crippen LogP contribution >= 0.6 is 23.4 Å². The number of rotatable bonds is 6. The van der Waals surface area contributed by atoms with Gasteiger partial charge in [0.15, 0.2) is 11.0 Å². The molecule has 2 aromatic carbocycles. The lowest BCUT2D eigenvalue weighted by Gasteiger charge is -2.14. The highest BCUT2D eigenvalue weighted by Gasteiger charge is 2.19. The number of hydrogen-bond acceptors (Lipinski definition) is 4. The van der Waals surface area contributed by atoms with Gasteiger partial charge in [0.05, 0.1) is 11.3 Å². The number of carbonyl (C=O) groups excluding carboxylic acids is 1. The van der Waals surface area contributed by atoms with Gasteiger partial charge >= 0.3 is 0 Å². The van der Waals surface area contributed by atoms with Crippen LogP contribution in [-0.2, 0) is 4.79 Å². The van der Waals surface area contributed by atoms with Crippen LogP contribution in [0.15, 0.2) is 53.7 Å². The van der Waals surface area contributed by atoms with Gasteiger partial charge in [-0.05, 0) is 50.2 Å². The SMILES string of the molecule is CC(C)n1c(SCC(=O)Nc2ccc(Cl)cc2)nnc1-c1ccccc1F. The maximum atomic E-state index is 14.2. The maximum Gasteiger partial charge on any atom is 0.234 e. The van der Waals surface area contributed by atoms with Crippen molar-refractivity contribution in [3.8, 4) is 11.4 Å². The van der Waals surface area contributed by atoms with E-state index in [1.165, 1.54) is 17.8 Å². The van der Waals surface area contributed by atoms with Gasteiger partial charge in [-0.1, -0.05) is 35.5 Å². The number of halogens is 2. The summed E-state index contributed by atoms with van der Waals surface area (Å²) in [6.45, 7) is 3.93. The van der Waals surface area contributed by atoms with Crippen LogP contribution in [0.1, 0.15) is 19.9 Å². The molecule has 27 heavy (non-hydrogen) atoms. The zero-order valence-electron chi connectivity index (χ0n) is 14.8. The summed E-state index contributed by atoms with van der Waals surface area (Å²) in [4.78, 5) is 12.2. The fourth-order valence-corrected chi connectivity index (χ4v) is 3.52. The Morgan fingerprint density at radius 3 is 2.56 bits per heavy atom. The Morgan fingerprint density at radius 1 is 1.19 bits per heavy atom. The summed E-state index contributed by atoms with van der Waals surface area (Å²) in [6.07, 6.45) is 0. The van der Waals surface area contributed by atoms with Gasteiger partial charge in [-0.2, -0.15) is 0 Å². The fraction of sp³-hybridized carbons (Fsp3) is 0.211. The van der Waals surface area contributed by atoms with Gasteiger partial charge in [0.2, 0.25) is 5.91 Å². The summed E-state index contributed by atoms with van der Waals surface area (Å²) in [5, 5.41) is 12.3. The van der Waals surface area contributed by atoms with Gasteiger partial charge in [0, 0.05) is 16.8 Å². The molecular weight excluding hydrogens is 387 g/mol. The first-order chi connectivity index (χ1) is 13.0. The van der Waals surface area contributed by atoms with Crippen LogP contribution < -0.4 is 5.32 Å². The molecule has 3 rings (SSSR count). The zero-order valence-corrected chi connectivity index (χ0v) is 16.4. The van der Waals surface area contributed by atoms with E-state index in [4.69, 9.17) is 11.6 Å². The van der Waals surface area contributed by atoms with E-state index < -0.39 is 0 Å². The van der Waals surface area contributed by atoms with Crippen molar-refractivity contribution in [2.45, 2.75) is 25.0 Å². The molecular formula is C19H18ClFN4OS. The van der Waals surface area contributed by atoms with Gasteiger partial charge in [0.25, 0.3) is 0 Å². The highest BCUT2D eigenvalue weighted by atomic mass is 35.5. The van der Waals surface area contributed by atoms with Crippen LogP contribution in [0.25, 0.3) is 11.4 Å². The molecule has 0 aliphatic carbocycles. The molecule has 140 valence electrons. The van der Waals surface area contributed by atoms with Crippen molar-refractivity contribution < 1.29 is 9.18 Å². The standard InChI is InChI=1S/C19H18ClFN4OS/c1-12(2)25-18(15-5-3-4-6-16(15)21)23-24-19(25)27-11-17(26)22-14-9-7-13(20)8-10-14/h3-10,12H,11H2,1-2H3,(H,22,26). The molecule has 8 heteroatoms. The number of aromatic nitrogens is 3. The van der Waals surface area contributed by atoms with Crippen molar-refractivity contribution in [3.05, 3.63) is 59.4 Å². The summed E-state index contributed by atoms with van der Waals surface area (Å²) >= 11 is 7.09. The van der Waals surface area contributed by atoms with Gasteiger partial charge < -0.3 is 5.32 Å². The molecule has 1 heterocycles. The lowest BCUT2D eigenvalue weighted by molar-refractivity contribution is -0.113. The zero-order chi connectivity index (χ0) is 19.4. The number of nitrogens with one attached hydrogen (secondary N) is 1. The average Bonchev–Trinajstić information content (AvgIpc) is 3.06. The molecule has 0 aliphatic heterocycles. The normalized spacial score (nSPS) is 11.0. The summed E-state index contributed by atoms with van der Waals surface area (Å²) in [7, 11) is 0. The van der Waals surface area contributed by atoms with Crippen molar-refractivity contribution >= 4 is 35.0 Å². The molecule has 0 fully saturated rings. The second-order valence-corrected chi connectivity index (χ2v) is 7.47. The van der Waals surface area contributed by atoms with Crippen molar-refractivity contribution in [2.75, 3.05) is 11.1 Å².